The summed E-state index contributed by atoms with van der Waals surface area (Å²) in [6, 6.07) is -0.780. The van der Waals surface area contributed by atoms with Gasteiger partial charge in [0.2, 0.25) is 0 Å². The van der Waals surface area contributed by atoms with Crippen LogP contribution in [-0.4, -0.2) is 42.9 Å². The minimum Gasteiger partial charge on any atom is -0.481 e. The first-order valence-electron chi connectivity index (χ1n) is 4.87. The average Bonchev–Trinajstić information content (AvgIpc) is 2.99. The van der Waals surface area contributed by atoms with Gasteiger partial charge in [-0.05, 0) is 0 Å². The van der Waals surface area contributed by atoms with Crippen molar-refractivity contribution >= 4 is 18.0 Å². The number of esters is 1. The lowest BCUT2D eigenvalue weighted by atomic mass is 10.3. The molecule has 0 aromatic rings. The molecule has 2 N–H and O–H groups in total. The largest absolute Gasteiger partial charge is 0.481 e. The summed E-state index contributed by atoms with van der Waals surface area (Å²) in [5.41, 5.74) is 0. The van der Waals surface area contributed by atoms with Crippen LogP contribution in [0.1, 0.15) is 0 Å². The number of hydrogen-bond acceptors (Lipinski definition) is 5. The smallest absolute Gasteiger partial charge is 0.407 e. The fourth-order valence-electron chi connectivity index (χ4n) is 1.54. The normalized spacial score (nSPS) is 25.6. The van der Waals surface area contributed by atoms with E-state index in [0.717, 1.165) is 7.11 Å². The first kappa shape index (κ1) is 13.0. The third kappa shape index (κ3) is 2.96. The van der Waals surface area contributed by atoms with E-state index < -0.39 is 35.9 Å². The minimum absolute atomic E-state index is 0.0131. The molecule has 0 unspecified atom stereocenters. The maximum Gasteiger partial charge on any atom is 0.407 e. The van der Waals surface area contributed by atoms with E-state index in [0.29, 0.717) is 0 Å². The van der Waals surface area contributed by atoms with Gasteiger partial charge in [0.25, 0.3) is 0 Å². The van der Waals surface area contributed by atoms with Gasteiger partial charge in [-0.25, -0.2) is 4.79 Å². The minimum atomic E-state index is -1.16. The predicted molar refractivity (Wildman–Crippen MR) is 55.1 cm³/mol. The average molecular weight is 243 g/mol. The number of rotatable bonds is 5. The molecular formula is C10H13NO6. The molecule has 94 valence electrons. The monoisotopic (exact) mass is 243 g/mol. The lowest BCUT2D eigenvalue weighted by molar-refractivity contribution is -0.146. The van der Waals surface area contributed by atoms with Crippen molar-refractivity contribution < 1.29 is 29.0 Å². The van der Waals surface area contributed by atoms with Crippen molar-refractivity contribution in [2.24, 2.45) is 11.8 Å². The molecule has 0 aliphatic heterocycles. The van der Waals surface area contributed by atoms with Crippen LogP contribution >= 0.6 is 0 Å². The molecule has 0 radical (unpaired) electrons. The third-order valence-electron chi connectivity index (χ3n) is 2.40. The molecular weight excluding hydrogens is 230 g/mol. The summed E-state index contributed by atoms with van der Waals surface area (Å²) in [4.78, 5) is 33.1. The Labute approximate surface area is 97.4 Å². The standard InChI is InChI=1S/C10H13NO6/c1-3-4-17-10(15)11-7-5(8(12)13)6(7)9(14)16-2/h3,5-7H,1,4H2,2H3,(H,11,15)(H,12,13)/t5-,6-,7+/m0/s1. The Balaban J connectivity index is 2.53. The maximum atomic E-state index is 11.2. The van der Waals surface area contributed by atoms with Crippen LogP contribution in [0.4, 0.5) is 4.79 Å². The highest BCUT2D eigenvalue weighted by Gasteiger charge is 2.61. The highest BCUT2D eigenvalue weighted by Crippen LogP contribution is 2.40. The number of carboxylic acids is 1. The number of carbonyl (C=O) groups is 3. The second kappa shape index (κ2) is 5.33. The summed E-state index contributed by atoms with van der Waals surface area (Å²) < 4.78 is 9.06. The van der Waals surface area contributed by atoms with Crippen molar-refractivity contribution in [2.75, 3.05) is 13.7 Å². The Hall–Kier alpha value is -2.05. The van der Waals surface area contributed by atoms with Crippen molar-refractivity contribution in [3.05, 3.63) is 12.7 Å². The van der Waals surface area contributed by atoms with Crippen LogP contribution in [0, 0.1) is 11.8 Å². The molecule has 0 spiro atoms. The zero-order valence-electron chi connectivity index (χ0n) is 9.21. The molecule has 1 rings (SSSR count). The third-order valence-corrected chi connectivity index (χ3v) is 2.40. The highest BCUT2D eigenvalue weighted by molar-refractivity contribution is 5.90. The summed E-state index contributed by atoms with van der Waals surface area (Å²) in [5.74, 6) is -3.63. The molecule has 0 bridgehead atoms. The summed E-state index contributed by atoms with van der Waals surface area (Å²) in [6.45, 7) is 3.37. The van der Waals surface area contributed by atoms with E-state index in [9.17, 15) is 14.4 Å². The number of nitrogens with one attached hydrogen (secondary N) is 1. The Kier molecular flexibility index (Phi) is 4.08. The molecule has 17 heavy (non-hydrogen) atoms. The second-order valence-corrected chi connectivity index (χ2v) is 3.47. The first-order valence-corrected chi connectivity index (χ1v) is 4.87. The molecule has 0 aromatic carbocycles. The van der Waals surface area contributed by atoms with Crippen LogP contribution in [0.3, 0.4) is 0 Å². The van der Waals surface area contributed by atoms with E-state index in [1.54, 1.807) is 0 Å². The van der Waals surface area contributed by atoms with Crippen LogP contribution in [-0.2, 0) is 19.1 Å². The van der Waals surface area contributed by atoms with E-state index in [1.807, 2.05) is 0 Å². The fraction of sp³-hybridized carbons (Fsp3) is 0.500. The van der Waals surface area contributed by atoms with Crippen molar-refractivity contribution in [3.63, 3.8) is 0 Å². The number of ether oxygens (including phenoxy) is 2. The molecule has 1 aliphatic rings. The van der Waals surface area contributed by atoms with Gasteiger partial charge in [-0.3, -0.25) is 9.59 Å². The molecule has 0 aromatic heterocycles. The molecule has 1 aliphatic carbocycles. The van der Waals surface area contributed by atoms with Gasteiger partial charge in [-0.1, -0.05) is 12.7 Å². The number of methoxy groups -OCH3 is 1. The van der Waals surface area contributed by atoms with Gasteiger partial charge in [-0.15, -0.1) is 0 Å². The van der Waals surface area contributed by atoms with Gasteiger partial charge in [0.15, 0.2) is 0 Å². The molecule has 3 atom stereocenters. The van der Waals surface area contributed by atoms with Gasteiger partial charge in [-0.2, -0.15) is 0 Å². The zero-order valence-corrected chi connectivity index (χ0v) is 9.21. The fourth-order valence-corrected chi connectivity index (χ4v) is 1.54. The summed E-state index contributed by atoms with van der Waals surface area (Å²) in [7, 11) is 1.16. The van der Waals surface area contributed by atoms with Crippen LogP contribution < -0.4 is 5.32 Å². The molecule has 1 amide bonds. The van der Waals surface area contributed by atoms with E-state index in [-0.39, 0.29) is 6.61 Å². The summed E-state index contributed by atoms with van der Waals surface area (Å²) in [6.07, 6.45) is 0.589. The Morgan fingerprint density at radius 1 is 1.41 bits per heavy atom. The van der Waals surface area contributed by atoms with Crippen molar-refractivity contribution in [3.8, 4) is 0 Å². The van der Waals surface area contributed by atoms with E-state index in [1.165, 1.54) is 6.08 Å². The maximum absolute atomic E-state index is 11.2. The van der Waals surface area contributed by atoms with Gasteiger partial charge in [0.05, 0.1) is 25.0 Å². The Morgan fingerprint density at radius 3 is 2.53 bits per heavy atom. The molecule has 1 saturated carbocycles. The van der Waals surface area contributed by atoms with E-state index in [2.05, 4.69) is 21.4 Å². The lowest BCUT2D eigenvalue weighted by Gasteiger charge is -2.03. The van der Waals surface area contributed by atoms with Crippen molar-refractivity contribution in [1.29, 1.82) is 0 Å². The van der Waals surface area contributed by atoms with Crippen LogP contribution in [0.25, 0.3) is 0 Å². The summed E-state index contributed by atoms with van der Waals surface area (Å²) >= 11 is 0. The molecule has 7 heteroatoms. The first-order chi connectivity index (χ1) is 8.02. The van der Waals surface area contributed by atoms with Gasteiger partial charge < -0.3 is 19.9 Å². The highest BCUT2D eigenvalue weighted by atomic mass is 16.5. The second-order valence-electron chi connectivity index (χ2n) is 3.47. The van der Waals surface area contributed by atoms with Gasteiger partial charge in [0, 0.05) is 0 Å². The van der Waals surface area contributed by atoms with E-state index >= 15 is 0 Å². The van der Waals surface area contributed by atoms with Crippen molar-refractivity contribution in [1.82, 2.24) is 5.32 Å². The number of alkyl carbamates (subject to hydrolysis) is 1. The molecule has 1 fully saturated rings. The SMILES string of the molecule is C=CCOC(=O)N[C@@H]1[C@@H](C(=O)O)[C@@H]1C(=O)OC. The van der Waals surface area contributed by atoms with Crippen LogP contribution in [0.5, 0.6) is 0 Å². The van der Waals surface area contributed by atoms with E-state index in [4.69, 9.17) is 5.11 Å². The number of hydrogen-bond donors (Lipinski definition) is 2. The molecule has 0 heterocycles. The molecule has 0 saturated heterocycles. The molecule has 7 nitrogen and oxygen atoms in total. The Morgan fingerprint density at radius 2 is 2.06 bits per heavy atom. The number of amides is 1. The summed E-state index contributed by atoms with van der Waals surface area (Å²) in [5, 5.41) is 11.1. The Bertz CT molecular complexity index is 353. The predicted octanol–water partition coefficient (Wildman–Crippen LogP) is -0.229. The van der Waals surface area contributed by atoms with Crippen LogP contribution in [0.2, 0.25) is 0 Å². The number of carbonyl (C=O) groups excluding carboxylic acids is 2. The van der Waals surface area contributed by atoms with Crippen molar-refractivity contribution in [2.45, 2.75) is 6.04 Å². The topological polar surface area (TPSA) is 102 Å². The van der Waals surface area contributed by atoms with Crippen LogP contribution in [0.15, 0.2) is 12.7 Å². The zero-order chi connectivity index (χ0) is 13.0. The quantitative estimate of drug-likeness (QED) is 0.511. The van der Waals surface area contributed by atoms with Gasteiger partial charge >= 0.3 is 18.0 Å². The number of carboxylic acid groups (broad SMARTS) is 1. The lowest BCUT2D eigenvalue weighted by Crippen LogP contribution is -2.30. The number of aliphatic carboxylic acids is 1. The van der Waals surface area contributed by atoms with Gasteiger partial charge in [0.1, 0.15) is 6.61 Å².